The van der Waals surface area contributed by atoms with E-state index in [0.717, 1.165) is 19.5 Å². The van der Waals surface area contributed by atoms with E-state index in [-0.39, 0.29) is 6.61 Å². The maximum absolute atomic E-state index is 11.0. The zero-order valence-corrected chi connectivity index (χ0v) is 12.7. The molecule has 1 unspecified atom stereocenters. The van der Waals surface area contributed by atoms with Gasteiger partial charge in [0.05, 0.1) is 13.2 Å². The van der Waals surface area contributed by atoms with E-state index >= 15 is 0 Å². The molecule has 0 amide bonds. The van der Waals surface area contributed by atoms with Crippen molar-refractivity contribution < 1.29 is 33.0 Å². The Hall–Kier alpha value is -1.33. The van der Waals surface area contributed by atoms with Crippen LogP contribution in [0.5, 0.6) is 0 Å². The van der Waals surface area contributed by atoms with E-state index < -0.39 is 19.7 Å². The third-order valence-electron chi connectivity index (χ3n) is 2.08. The Morgan fingerprint density at radius 2 is 1.60 bits per heavy atom. The molecule has 0 aliphatic rings. The molecule has 0 heterocycles. The standard InChI is InChI=1S/C12H21O7P/c1-10(2)11(13)17-8-6-4-5-7-9-18-12(14)19-20(3,15)16/h1,4-9H2,2-3H3,(H,15,16). The van der Waals surface area contributed by atoms with Crippen molar-refractivity contribution in [1.29, 1.82) is 0 Å². The van der Waals surface area contributed by atoms with Gasteiger partial charge in [-0.3, -0.25) is 0 Å². The first-order valence-electron chi connectivity index (χ1n) is 6.21. The second kappa shape index (κ2) is 9.55. The SMILES string of the molecule is C=C(C)C(=O)OCCCCCCOC(=O)OP(C)(=O)O. The summed E-state index contributed by atoms with van der Waals surface area (Å²) in [7, 11) is -3.84. The van der Waals surface area contributed by atoms with Crippen LogP contribution in [0.15, 0.2) is 12.2 Å². The highest BCUT2D eigenvalue weighted by atomic mass is 31.2. The number of rotatable bonds is 9. The third-order valence-corrected chi connectivity index (χ3v) is 2.57. The summed E-state index contributed by atoms with van der Waals surface area (Å²) < 4.78 is 24.3. The molecular formula is C12H21O7P. The molecular weight excluding hydrogens is 287 g/mol. The minimum atomic E-state index is -3.84. The molecule has 7 nitrogen and oxygen atoms in total. The summed E-state index contributed by atoms with van der Waals surface area (Å²) in [5.74, 6) is -0.399. The molecule has 0 bridgehead atoms. The minimum absolute atomic E-state index is 0.115. The van der Waals surface area contributed by atoms with Crippen molar-refractivity contribution in [2.75, 3.05) is 19.9 Å². The number of carbonyl (C=O) groups is 2. The van der Waals surface area contributed by atoms with Crippen molar-refractivity contribution in [2.24, 2.45) is 0 Å². The number of hydrogen-bond donors (Lipinski definition) is 1. The highest BCUT2D eigenvalue weighted by Gasteiger charge is 2.17. The number of ether oxygens (including phenoxy) is 2. The van der Waals surface area contributed by atoms with Gasteiger partial charge in [-0.25, -0.2) is 14.2 Å². The Labute approximate surface area is 118 Å². The van der Waals surface area contributed by atoms with Crippen molar-refractivity contribution in [3.8, 4) is 0 Å². The van der Waals surface area contributed by atoms with Crippen LogP contribution in [0.25, 0.3) is 0 Å². The van der Waals surface area contributed by atoms with Crippen LogP contribution in [0, 0.1) is 0 Å². The second-order valence-corrected chi connectivity index (χ2v) is 6.11. The molecule has 0 aromatic heterocycles. The predicted molar refractivity (Wildman–Crippen MR) is 72.4 cm³/mol. The first-order valence-corrected chi connectivity index (χ1v) is 8.24. The van der Waals surface area contributed by atoms with E-state index in [0.29, 0.717) is 25.0 Å². The van der Waals surface area contributed by atoms with Gasteiger partial charge >= 0.3 is 19.7 Å². The summed E-state index contributed by atoms with van der Waals surface area (Å²) in [5.41, 5.74) is 0.369. The molecule has 0 aliphatic carbocycles. The molecule has 0 aromatic carbocycles. The Bertz CT molecular complexity index is 385. The molecule has 1 atom stereocenters. The lowest BCUT2D eigenvalue weighted by molar-refractivity contribution is -0.139. The molecule has 8 heteroatoms. The number of carbonyl (C=O) groups excluding carboxylic acids is 2. The molecule has 1 N–H and O–H groups in total. The number of unbranched alkanes of at least 4 members (excludes halogenated alkanes) is 3. The first kappa shape index (κ1) is 18.7. The fourth-order valence-corrected chi connectivity index (χ4v) is 1.50. The van der Waals surface area contributed by atoms with Crippen LogP contribution in [-0.4, -0.2) is 36.9 Å². The number of hydrogen-bond acceptors (Lipinski definition) is 6. The quantitative estimate of drug-likeness (QED) is 0.302. The average Bonchev–Trinajstić information content (AvgIpc) is 2.29. The Kier molecular flexibility index (Phi) is 8.92. The molecule has 0 saturated carbocycles. The van der Waals surface area contributed by atoms with Gasteiger partial charge in [-0.05, 0) is 32.6 Å². The van der Waals surface area contributed by atoms with Gasteiger partial charge in [0.2, 0.25) is 0 Å². The van der Waals surface area contributed by atoms with Gasteiger partial charge in [-0.15, -0.1) is 0 Å². The summed E-state index contributed by atoms with van der Waals surface area (Å²) in [6.45, 7) is 6.40. The van der Waals surface area contributed by atoms with Gasteiger partial charge in [0.25, 0.3) is 0 Å². The van der Waals surface area contributed by atoms with Crippen LogP contribution in [0.3, 0.4) is 0 Å². The Balaban J connectivity index is 3.41. The lowest BCUT2D eigenvalue weighted by Gasteiger charge is -2.07. The highest BCUT2D eigenvalue weighted by Crippen LogP contribution is 2.36. The molecule has 0 saturated heterocycles. The molecule has 20 heavy (non-hydrogen) atoms. The molecule has 116 valence electrons. The Morgan fingerprint density at radius 1 is 1.10 bits per heavy atom. The molecule has 0 radical (unpaired) electrons. The minimum Gasteiger partial charge on any atom is -0.462 e. The zero-order valence-electron chi connectivity index (χ0n) is 11.8. The van der Waals surface area contributed by atoms with E-state index in [1.807, 2.05) is 0 Å². The monoisotopic (exact) mass is 308 g/mol. The highest BCUT2D eigenvalue weighted by molar-refractivity contribution is 7.52. The van der Waals surface area contributed by atoms with Crippen molar-refractivity contribution in [3.05, 3.63) is 12.2 Å². The fourth-order valence-electron chi connectivity index (χ4n) is 1.17. The maximum Gasteiger partial charge on any atom is 0.514 e. The topological polar surface area (TPSA) is 99.1 Å². The normalized spacial score (nSPS) is 13.2. The lowest BCUT2D eigenvalue weighted by Crippen LogP contribution is -2.07. The zero-order chi connectivity index (χ0) is 15.6. The van der Waals surface area contributed by atoms with Gasteiger partial charge in [-0.2, -0.15) is 0 Å². The summed E-state index contributed by atoms with van der Waals surface area (Å²) in [4.78, 5) is 30.7. The average molecular weight is 308 g/mol. The van der Waals surface area contributed by atoms with Gasteiger partial charge in [0.1, 0.15) is 0 Å². The van der Waals surface area contributed by atoms with Crippen LogP contribution >= 0.6 is 7.60 Å². The predicted octanol–water partition coefficient (Wildman–Crippen LogP) is 2.63. The summed E-state index contributed by atoms with van der Waals surface area (Å²) in [6.07, 6.45) is 1.76. The van der Waals surface area contributed by atoms with Gasteiger partial charge < -0.3 is 18.9 Å². The molecule has 0 rings (SSSR count). The van der Waals surface area contributed by atoms with Gasteiger partial charge in [-0.1, -0.05) is 6.58 Å². The van der Waals surface area contributed by atoms with Crippen molar-refractivity contribution in [1.82, 2.24) is 0 Å². The van der Waals surface area contributed by atoms with E-state index in [2.05, 4.69) is 15.8 Å². The van der Waals surface area contributed by atoms with Crippen LogP contribution < -0.4 is 0 Å². The number of esters is 1. The van der Waals surface area contributed by atoms with E-state index in [1.165, 1.54) is 0 Å². The molecule has 0 spiro atoms. The van der Waals surface area contributed by atoms with Crippen LogP contribution in [0.2, 0.25) is 0 Å². The van der Waals surface area contributed by atoms with Crippen molar-refractivity contribution in [2.45, 2.75) is 32.6 Å². The van der Waals surface area contributed by atoms with Crippen LogP contribution in [-0.2, 0) is 23.4 Å². The van der Waals surface area contributed by atoms with Crippen molar-refractivity contribution in [3.63, 3.8) is 0 Å². The molecule has 0 aliphatic heterocycles. The smallest absolute Gasteiger partial charge is 0.462 e. The third kappa shape index (κ3) is 11.7. The van der Waals surface area contributed by atoms with E-state index in [4.69, 9.17) is 9.63 Å². The Morgan fingerprint density at radius 3 is 2.05 bits per heavy atom. The molecule has 0 fully saturated rings. The second-order valence-electron chi connectivity index (χ2n) is 4.32. The van der Waals surface area contributed by atoms with E-state index in [1.54, 1.807) is 6.92 Å². The summed E-state index contributed by atoms with van der Waals surface area (Å²) >= 11 is 0. The van der Waals surface area contributed by atoms with E-state index in [9.17, 15) is 14.2 Å². The van der Waals surface area contributed by atoms with Crippen molar-refractivity contribution >= 4 is 19.7 Å². The fraction of sp³-hybridized carbons (Fsp3) is 0.667. The van der Waals surface area contributed by atoms with Gasteiger partial charge in [0, 0.05) is 12.2 Å². The summed E-state index contributed by atoms with van der Waals surface area (Å²) in [5, 5.41) is 0. The van der Waals surface area contributed by atoms with Crippen LogP contribution in [0.4, 0.5) is 4.79 Å². The van der Waals surface area contributed by atoms with Gasteiger partial charge in [0.15, 0.2) is 0 Å². The summed E-state index contributed by atoms with van der Waals surface area (Å²) in [6, 6.07) is 0. The largest absolute Gasteiger partial charge is 0.514 e. The first-order chi connectivity index (χ1) is 9.22. The lowest BCUT2D eigenvalue weighted by atomic mass is 10.2. The van der Waals surface area contributed by atoms with Crippen LogP contribution in [0.1, 0.15) is 32.6 Å². The maximum atomic E-state index is 11.0. The molecule has 0 aromatic rings.